The molecular weight excluding hydrogens is 403 g/mol. The first kappa shape index (κ1) is 20.0. The molecule has 1 fully saturated rings. The molecule has 1 heterocycles. The molecule has 3 aromatic carbocycles. The number of anilines is 1. The summed E-state index contributed by atoms with van der Waals surface area (Å²) in [5.41, 5.74) is 5.16. The molecule has 0 N–H and O–H groups in total. The quantitative estimate of drug-likeness (QED) is 0.545. The molecule has 0 unspecified atom stereocenters. The summed E-state index contributed by atoms with van der Waals surface area (Å²) in [5, 5.41) is 1.32. The summed E-state index contributed by atoms with van der Waals surface area (Å²) in [6, 6.07) is 21.7. The van der Waals surface area contributed by atoms with Crippen LogP contribution in [0.15, 0.2) is 66.7 Å². The van der Waals surface area contributed by atoms with E-state index in [-0.39, 0.29) is 0 Å². The molecule has 5 heteroatoms. The molecule has 0 amide bonds. The number of benzene rings is 3. The zero-order valence-corrected chi connectivity index (χ0v) is 17.5. The fourth-order valence-electron chi connectivity index (χ4n) is 3.77. The molecule has 3 nitrogen and oxygen atoms in total. The van der Waals surface area contributed by atoms with Crippen molar-refractivity contribution >= 4 is 35.2 Å². The van der Waals surface area contributed by atoms with Crippen molar-refractivity contribution in [1.82, 2.24) is 4.90 Å². The van der Waals surface area contributed by atoms with E-state index in [9.17, 15) is 4.79 Å². The molecule has 1 radical (unpaired) electrons. The van der Waals surface area contributed by atoms with Crippen molar-refractivity contribution < 1.29 is 4.79 Å². The highest BCUT2D eigenvalue weighted by molar-refractivity contribution is 6.36. The summed E-state index contributed by atoms with van der Waals surface area (Å²) in [6.45, 7) is 4.73. The van der Waals surface area contributed by atoms with Gasteiger partial charge in [-0.05, 0) is 47.5 Å². The Morgan fingerprint density at radius 1 is 0.828 bits per heavy atom. The molecule has 3 aromatic rings. The largest absolute Gasteiger partial charge is 0.369 e. The van der Waals surface area contributed by atoms with Gasteiger partial charge in [-0.15, -0.1) is 0 Å². The Kier molecular flexibility index (Phi) is 6.19. The summed E-state index contributed by atoms with van der Waals surface area (Å²) < 4.78 is 0. The third-order valence-corrected chi connectivity index (χ3v) is 5.90. The lowest BCUT2D eigenvalue weighted by Gasteiger charge is -2.36. The maximum Gasteiger partial charge on any atom is 0.233 e. The minimum absolute atomic E-state index is 0.588. The topological polar surface area (TPSA) is 23.6 Å². The van der Waals surface area contributed by atoms with Crippen LogP contribution in [0.2, 0.25) is 10.0 Å². The number of nitrogens with zero attached hydrogens (tertiary/aromatic N) is 2. The second-order valence-electron chi connectivity index (χ2n) is 7.19. The highest BCUT2D eigenvalue weighted by atomic mass is 35.5. The van der Waals surface area contributed by atoms with Gasteiger partial charge in [0.2, 0.25) is 6.29 Å². The fourth-order valence-corrected chi connectivity index (χ4v) is 4.28. The van der Waals surface area contributed by atoms with Gasteiger partial charge in [-0.3, -0.25) is 9.69 Å². The summed E-state index contributed by atoms with van der Waals surface area (Å²) in [4.78, 5) is 15.5. The predicted molar refractivity (Wildman–Crippen MR) is 121 cm³/mol. The molecule has 4 rings (SSSR count). The predicted octanol–water partition coefficient (Wildman–Crippen LogP) is 5.44. The lowest BCUT2D eigenvalue weighted by atomic mass is 9.99. The summed E-state index contributed by atoms with van der Waals surface area (Å²) in [7, 11) is 0. The number of rotatable bonds is 5. The summed E-state index contributed by atoms with van der Waals surface area (Å²) >= 11 is 12.5. The Bertz CT molecular complexity index is 996. The molecule has 0 aliphatic carbocycles. The van der Waals surface area contributed by atoms with Crippen LogP contribution in [0.3, 0.4) is 0 Å². The van der Waals surface area contributed by atoms with Crippen molar-refractivity contribution in [3.05, 3.63) is 87.9 Å². The first-order valence-electron chi connectivity index (χ1n) is 9.63. The Morgan fingerprint density at radius 3 is 2.24 bits per heavy atom. The van der Waals surface area contributed by atoms with Gasteiger partial charge in [0.15, 0.2) is 0 Å². The number of piperazine rings is 1. The molecular formula is C24H21Cl2N2O. The Morgan fingerprint density at radius 2 is 1.55 bits per heavy atom. The first-order valence-corrected chi connectivity index (χ1v) is 10.4. The summed E-state index contributed by atoms with van der Waals surface area (Å²) in [6.07, 6.45) is 1.92. The zero-order chi connectivity index (χ0) is 20.2. The second-order valence-corrected chi connectivity index (χ2v) is 8.04. The molecule has 0 bridgehead atoms. The van der Waals surface area contributed by atoms with Gasteiger partial charge in [-0.1, -0.05) is 53.5 Å². The van der Waals surface area contributed by atoms with Crippen LogP contribution in [-0.2, 0) is 11.3 Å². The van der Waals surface area contributed by atoms with Gasteiger partial charge >= 0.3 is 0 Å². The fraction of sp³-hybridized carbons (Fsp3) is 0.208. The molecule has 1 aliphatic rings. The molecule has 0 saturated carbocycles. The van der Waals surface area contributed by atoms with E-state index in [0.29, 0.717) is 15.6 Å². The third kappa shape index (κ3) is 4.64. The van der Waals surface area contributed by atoms with Crippen LogP contribution in [0.1, 0.15) is 11.1 Å². The van der Waals surface area contributed by atoms with Crippen LogP contribution >= 0.6 is 23.2 Å². The van der Waals surface area contributed by atoms with E-state index in [1.165, 1.54) is 5.56 Å². The van der Waals surface area contributed by atoms with E-state index in [2.05, 4.69) is 28.0 Å². The SMILES string of the molecule is O=[C]c1ccc(N2CCN(Cc3ccccc3-c3ccc(Cl)cc3Cl)CC2)cc1. The maximum absolute atomic E-state index is 10.7. The van der Waals surface area contributed by atoms with Crippen LogP contribution in [0.25, 0.3) is 11.1 Å². The lowest BCUT2D eigenvalue weighted by Crippen LogP contribution is -2.46. The average Bonchev–Trinajstić information content (AvgIpc) is 2.75. The highest BCUT2D eigenvalue weighted by Crippen LogP contribution is 2.33. The molecule has 0 spiro atoms. The molecule has 29 heavy (non-hydrogen) atoms. The van der Waals surface area contributed by atoms with Crippen LogP contribution in [0.4, 0.5) is 5.69 Å². The Labute approximate surface area is 181 Å². The molecule has 0 atom stereocenters. The number of hydrogen-bond donors (Lipinski definition) is 0. The number of carbonyl (C=O) groups excluding carboxylic acids is 1. The normalized spacial score (nSPS) is 14.8. The van der Waals surface area contributed by atoms with Crippen LogP contribution < -0.4 is 4.90 Å². The van der Waals surface area contributed by atoms with Gasteiger partial charge in [0, 0.05) is 59.6 Å². The van der Waals surface area contributed by atoms with E-state index in [4.69, 9.17) is 23.2 Å². The Hall–Kier alpha value is -2.33. The van der Waals surface area contributed by atoms with Gasteiger partial charge in [0.25, 0.3) is 0 Å². The van der Waals surface area contributed by atoms with Gasteiger partial charge < -0.3 is 4.90 Å². The molecule has 147 valence electrons. The zero-order valence-electron chi connectivity index (χ0n) is 15.9. The van der Waals surface area contributed by atoms with Gasteiger partial charge in [-0.25, -0.2) is 0 Å². The van der Waals surface area contributed by atoms with E-state index in [0.717, 1.165) is 49.5 Å². The summed E-state index contributed by atoms with van der Waals surface area (Å²) in [5.74, 6) is 0. The first-order chi connectivity index (χ1) is 14.1. The van der Waals surface area contributed by atoms with Gasteiger partial charge in [0.05, 0.1) is 0 Å². The van der Waals surface area contributed by atoms with Crippen LogP contribution in [0, 0.1) is 0 Å². The van der Waals surface area contributed by atoms with Crippen molar-refractivity contribution in [2.45, 2.75) is 6.54 Å². The second kappa shape index (κ2) is 9.00. The molecule has 1 saturated heterocycles. The average molecular weight is 424 g/mol. The van der Waals surface area contributed by atoms with Crippen molar-refractivity contribution in [2.24, 2.45) is 0 Å². The minimum Gasteiger partial charge on any atom is -0.369 e. The van der Waals surface area contributed by atoms with Crippen molar-refractivity contribution in [1.29, 1.82) is 0 Å². The van der Waals surface area contributed by atoms with Crippen molar-refractivity contribution in [3.8, 4) is 11.1 Å². The van der Waals surface area contributed by atoms with Crippen LogP contribution in [0.5, 0.6) is 0 Å². The number of hydrogen-bond acceptors (Lipinski definition) is 3. The lowest BCUT2D eigenvalue weighted by molar-refractivity contribution is 0.250. The maximum atomic E-state index is 10.7. The smallest absolute Gasteiger partial charge is 0.233 e. The standard InChI is InChI=1S/C24H21Cl2N2O/c25-20-7-10-23(24(26)15-20)22-4-2-1-3-19(22)16-27-11-13-28(14-12-27)21-8-5-18(17-29)6-9-21/h1-10,15H,11-14,16H2. The minimum atomic E-state index is 0.588. The van der Waals surface area contributed by atoms with E-state index >= 15 is 0 Å². The monoisotopic (exact) mass is 423 g/mol. The third-order valence-electron chi connectivity index (χ3n) is 5.36. The molecule has 0 aromatic heterocycles. The highest BCUT2D eigenvalue weighted by Gasteiger charge is 2.19. The van der Waals surface area contributed by atoms with Gasteiger partial charge in [0.1, 0.15) is 0 Å². The number of halogens is 2. The molecule has 1 aliphatic heterocycles. The van der Waals surface area contributed by atoms with E-state index in [1.54, 1.807) is 6.07 Å². The van der Waals surface area contributed by atoms with Crippen molar-refractivity contribution in [2.75, 3.05) is 31.1 Å². The van der Waals surface area contributed by atoms with Crippen molar-refractivity contribution in [3.63, 3.8) is 0 Å². The van der Waals surface area contributed by atoms with E-state index in [1.807, 2.05) is 48.8 Å². The van der Waals surface area contributed by atoms with Gasteiger partial charge in [-0.2, -0.15) is 0 Å². The van der Waals surface area contributed by atoms with Crippen LogP contribution in [-0.4, -0.2) is 37.4 Å². The van der Waals surface area contributed by atoms with E-state index < -0.39 is 0 Å². The Balaban J connectivity index is 1.45.